The van der Waals surface area contributed by atoms with Crippen molar-refractivity contribution in [3.8, 4) is 0 Å². The topological polar surface area (TPSA) is 81.7 Å². The zero-order chi connectivity index (χ0) is 18.5. The smallest absolute Gasteiger partial charge is 0.265 e. The molecule has 1 aliphatic heterocycles. The van der Waals surface area contributed by atoms with E-state index in [4.69, 9.17) is 0 Å². The van der Waals surface area contributed by atoms with Crippen LogP contribution in [0.25, 0.3) is 0 Å². The Morgan fingerprint density at radius 3 is 2.50 bits per heavy atom. The number of hydrogen-bond acceptors (Lipinski definition) is 5. The lowest BCUT2D eigenvalue weighted by Gasteiger charge is -2.33. The quantitative estimate of drug-likeness (QED) is 0.753. The summed E-state index contributed by atoms with van der Waals surface area (Å²) in [5.74, 6) is -0.247. The van der Waals surface area contributed by atoms with E-state index in [0.717, 1.165) is 19.4 Å². The van der Waals surface area contributed by atoms with Crippen LogP contribution < -0.4 is 10.6 Å². The number of rotatable bonds is 5. The number of aliphatic hydroxyl groups is 1. The van der Waals surface area contributed by atoms with E-state index >= 15 is 0 Å². The second-order valence-electron chi connectivity index (χ2n) is 6.46. The molecule has 7 heteroatoms. The van der Waals surface area contributed by atoms with Gasteiger partial charge >= 0.3 is 0 Å². The summed E-state index contributed by atoms with van der Waals surface area (Å²) in [4.78, 5) is 27.1. The molecule has 0 bridgehead atoms. The molecule has 138 valence electrons. The number of anilines is 2. The molecule has 1 aliphatic rings. The van der Waals surface area contributed by atoms with E-state index in [1.807, 2.05) is 23.3 Å². The van der Waals surface area contributed by atoms with Crippen molar-refractivity contribution in [2.75, 3.05) is 23.7 Å². The van der Waals surface area contributed by atoms with Crippen molar-refractivity contribution in [3.63, 3.8) is 0 Å². The summed E-state index contributed by atoms with van der Waals surface area (Å²) in [6.45, 7) is 3.20. The number of carbonyl (C=O) groups is 2. The number of hydrogen-bond donors (Lipinski definition) is 3. The normalized spacial score (nSPS) is 18.9. The molecule has 1 aromatic heterocycles. The van der Waals surface area contributed by atoms with Gasteiger partial charge in [0.05, 0.1) is 17.0 Å². The molecule has 1 fully saturated rings. The van der Waals surface area contributed by atoms with Gasteiger partial charge in [0, 0.05) is 17.9 Å². The van der Waals surface area contributed by atoms with Crippen LogP contribution in [-0.2, 0) is 4.79 Å². The Bertz CT molecular complexity index is 746. The molecule has 2 aromatic rings. The van der Waals surface area contributed by atoms with Crippen LogP contribution in [0.1, 0.15) is 29.4 Å². The highest BCUT2D eigenvalue weighted by molar-refractivity contribution is 7.12. The summed E-state index contributed by atoms with van der Waals surface area (Å²) >= 11 is 1.39. The first-order valence-electron chi connectivity index (χ1n) is 8.71. The van der Waals surface area contributed by atoms with E-state index < -0.39 is 0 Å². The first kappa shape index (κ1) is 18.6. The first-order chi connectivity index (χ1) is 12.5. The molecule has 0 radical (unpaired) electrons. The van der Waals surface area contributed by atoms with Crippen LogP contribution in [0.5, 0.6) is 0 Å². The van der Waals surface area contributed by atoms with Crippen molar-refractivity contribution in [2.24, 2.45) is 0 Å². The molecule has 1 aromatic carbocycles. The number of amides is 2. The third-order valence-electron chi connectivity index (χ3n) is 4.51. The monoisotopic (exact) mass is 373 g/mol. The molecule has 26 heavy (non-hydrogen) atoms. The van der Waals surface area contributed by atoms with Crippen LogP contribution in [0, 0.1) is 0 Å². The standard InChI is InChI=1S/C19H23N3O3S/c1-13(22-10-2-4-16(23)12-22)18(24)20-14-6-8-15(9-7-14)21-19(25)17-5-3-11-26-17/h3,5-9,11,13,16,23H,2,4,10,12H2,1H3,(H,20,24)(H,21,25)/t13-,16+/m0/s1. The molecule has 0 saturated carbocycles. The first-order valence-corrected chi connectivity index (χ1v) is 9.59. The van der Waals surface area contributed by atoms with E-state index in [1.165, 1.54) is 11.3 Å². The van der Waals surface area contributed by atoms with Crippen molar-refractivity contribution in [1.29, 1.82) is 0 Å². The molecule has 3 rings (SSSR count). The van der Waals surface area contributed by atoms with Gasteiger partial charge in [-0.25, -0.2) is 0 Å². The lowest BCUT2D eigenvalue weighted by molar-refractivity contribution is -0.121. The zero-order valence-electron chi connectivity index (χ0n) is 14.6. The SMILES string of the molecule is C[C@@H](C(=O)Nc1ccc(NC(=O)c2cccs2)cc1)N1CCC[C@@H](O)C1. The maximum absolute atomic E-state index is 12.4. The number of nitrogens with one attached hydrogen (secondary N) is 2. The molecule has 2 atom stereocenters. The largest absolute Gasteiger partial charge is 0.392 e. The van der Waals surface area contributed by atoms with Crippen molar-refractivity contribution in [2.45, 2.75) is 31.9 Å². The van der Waals surface area contributed by atoms with Gasteiger partial charge in [-0.3, -0.25) is 14.5 Å². The molecule has 3 N–H and O–H groups in total. The number of nitrogens with zero attached hydrogens (tertiary/aromatic N) is 1. The Balaban J connectivity index is 1.55. The Morgan fingerprint density at radius 2 is 1.88 bits per heavy atom. The van der Waals surface area contributed by atoms with Crippen molar-refractivity contribution in [3.05, 3.63) is 46.7 Å². The molecule has 2 amide bonds. The Morgan fingerprint density at radius 1 is 1.19 bits per heavy atom. The van der Waals surface area contributed by atoms with E-state index in [9.17, 15) is 14.7 Å². The van der Waals surface area contributed by atoms with E-state index in [1.54, 1.807) is 30.3 Å². The fourth-order valence-electron chi connectivity index (χ4n) is 2.98. The average molecular weight is 373 g/mol. The molecular weight excluding hydrogens is 350 g/mol. The number of piperidine rings is 1. The van der Waals surface area contributed by atoms with Crippen molar-refractivity contribution < 1.29 is 14.7 Å². The van der Waals surface area contributed by atoms with Crippen LogP contribution in [-0.4, -0.2) is 47.1 Å². The number of benzene rings is 1. The maximum Gasteiger partial charge on any atom is 0.265 e. The minimum atomic E-state index is -0.356. The molecule has 2 heterocycles. The summed E-state index contributed by atoms with van der Waals surface area (Å²) in [7, 11) is 0. The van der Waals surface area contributed by atoms with Crippen LogP contribution >= 0.6 is 11.3 Å². The minimum absolute atomic E-state index is 0.102. The van der Waals surface area contributed by atoms with Crippen molar-refractivity contribution in [1.82, 2.24) is 4.90 Å². The van der Waals surface area contributed by atoms with Gasteiger partial charge in [-0.15, -0.1) is 11.3 Å². The fourth-order valence-corrected chi connectivity index (χ4v) is 3.60. The van der Waals surface area contributed by atoms with Gasteiger partial charge < -0.3 is 15.7 Å². The number of β-amino-alcohol motifs (C(OH)–C–C–N with tert-alkyl or cyclic N) is 1. The highest BCUT2D eigenvalue weighted by Crippen LogP contribution is 2.18. The Labute approximate surface area is 156 Å². The molecule has 0 spiro atoms. The van der Waals surface area contributed by atoms with Gasteiger partial charge in [0.2, 0.25) is 5.91 Å². The second-order valence-corrected chi connectivity index (χ2v) is 7.41. The molecule has 6 nitrogen and oxygen atoms in total. The van der Waals surface area contributed by atoms with E-state index in [-0.39, 0.29) is 24.0 Å². The fraction of sp³-hybridized carbons (Fsp3) is 0.368. The van der Waals surface area contributed by atoms with Crippen molar-refractivity contribution >= 4 is 34.5 Å². The Hall–Kier alpha value is -2.22. The second kappa shape index (κ2) is 8.44. The predicted molar refractivity (Wildman–Crippen MR) is 104 cm³/mol. The molecule has 1 saturated heterocycles. The highest BCUT2D eigenvalue weighted by Gasteiger charge is 2.26. The summed E-state index contributed by atoms with van der Waals surface area (Å²) in [6.07, 6.45) is 1.34. The molecule has 0 aliphatic carbocycles. The molecular formula is C19H23N3O3S. The van der Waals surface area contributed by atoms with Crippen LogP contribution in [0.3, 0.4) is 0 Å². The van der Waals surface area contributed by atoms with Gasteiger partial charge in [0.1, 0.15) is 0 Å². The number of carbonyl (C=O) groups excluding carboxylic acids is 2. The van der Waals surface area contributed by atoms with E-state index in [0.29, 0.717) is 22.8 Å². The van der Waals surface area contributed by atoms with Gasteiger partial charge in [-0.05, 0) is 62.0 Å². The van der Waals surface area contributed by atoms with Crippen LogP contribution in [0.4, 0.5) is 11.4 Å². The summed E-state index contributed by atoms with van der Waals surface area (Å²) in [6, 6.07) is 10.4. The van der Waals surface area contributed by atoms with Gasteiger partial charge in [0.25, 0.3) is 5.91 Å². The van der Waals surface area contributed by atoms with Crippen LogP contribution in [0.2, 0.25) is 0 Å². The number of likely N-dealkylation sites (tertiary alicyclic amines) is 1. The summed E-state index contributed by atoms with van der Waals surface area (Å²) in [5, 5.41) is 17.3. The predicted octanol–water partition coefficient (Wildman–Crippen LogP) is 2.78. The third kappa shape index (κ3) is 4.69. The van der Waals surface area contributed by atoms with Gasteiger partial charge in [-0.2, -0.15) is 0 Å². The molecule has 0 unspecified atom stereocenters. The summed E-state index contributed by atoms with van der Waals surface area (Å²) in [5.41, 5.74) is 1.35. The average Bonchev–Trinajstić information content (AvgIpc) is 3.17. The maximum atomic E-state index is 12.4. The third-order valence-corrected chi connectivity index (χ3v) is 5.38. The van der Waals surface area contributed by atoms with E-state index in [2.05, 4.69) is 10.6 Å². The van der Waals surface area contributed by atoms with Crippen LogP contribution in [0.15, 0.2) is 41.8 Å². The highest BCUT2D eigenvalue weighted by atomic mass is 32.1. The number of aliphatic hydroxyl groups excluding tert-OH is 1. The zero-order valence-corrected chi connectivity index (χ0v) is 15.5. The van der Waals surface area contributed by atoms with Gasteiger partial charge in [-0.1, -0.05) is 6.07 Å². The number of thiophene rings is 1. The van der Waals surface area contributed by atoms with Gasteiger partial charge in [0.15, 0.2) is 0 Å². The minimum Gasteiger partial charge on any atom is -0.392 e. The lowest BCUT2D eigenvalue weighted by atomic mass is 10.1. The lowest BCUT2D eigenvalue weighted by Crippen LogP contribution is -2.48. The Kier molecular flexibility index (Phi) is 6.03. The summed E-state index contributed by atoms with van der Waals surface area (Å²) < 4.78 is 0.